The molecule has 0 bridgehead atoms. The Hall–Kier alpha value is -0.290. The first kappa shape index (κ1) is 10.8. The molecule has 1 aromatic carbocycles. The Morgan fingerprint density at radius 1 is 1.62 bits per heavy atom. The molecule has 0 aliphatic heterocycles. The van der Waals surface area contributed by atoms with E-state index in [4.69, 9.17) is 9.84 Å². The molecular formula is C10H12IO2. The predicted octanol–water partition coefficient (Wildman–Crippen LogP) is 2.21. The highest BCUT2D eigenvalue weighted by Crippen LogP contribution is 2.25. The molecule has 0 saturated heterocycles. The maximum atomic E-state index is 8.97. The van der Waals surface area contributed by atoms with Gasteiger partial charge in [0.25, 0.3) is 0 Å². The Labute approximate surface area is 92.1 Å². The summed E-state index contributed by atoms with van der Waals surface area (Å²) in [5.74, 6) is 0.722. The SMILES string of the molecule is [CH2]C(CO)c1cc(OC)ccc1I. The molecule has 0 saturated carbocycles. The van der Waals surface area contributed by atoms with Crippen LogP contribution in [0, 0.1) is 10.5 Å². The van der Waals surface area contributed by atoms with Crippen LogP contribution in [0.1, 0.15) is 11.5 Å². The van der Waals surface area contributed by atoms with Crippen molar-refractivity contribution < 1.29 is 9.84 Å². The highest BCUT2D eigenvalue weighted by Gasteiger charge is 2.09. The summed E-state index contributed by atoms with van der Waals surface area (Å²) in [5, 5.41) is 8.97. The van der Waals surface area contributed by atoms with Crippen LogP contribution in [0.25, 0.3) is 0 Å². The molecule has 3 heteroatoms. The van der Waals surface area contributed by atoms with E-state index in [9.17, 15) is 0 Å². The fourth-order valence-electron chi connectivity index (χ4n) is 1.06. The number of hydrogen-bond acceptors (Lipinski definition) is 2. The highest BCUT2D eigenvalue weighted by molar-refractivity contribution is 14.1. The molecule has 0 aliphatic rings. The van der Waals surface area contributed by atoms with Crippen molar-refractivity contribution in [3.8, 4) is 5.75 Å². The standard InChI is InChI=1S/C10H12IO2/c1-7(6-12)9-5-8(13-2)3-4-10(9)11/h3-5,7,12H,1,6H2,2H3. The lowest BCUT2D eigenvalue weighted by molar-refractivity contribution is 0.282. The van der Waals surface area contributed by atoms with Gasteiger partial charge in [0.15, 0.2) is 0 Å². The number of ether oxygens (including phenoxy) is 1. The van der Waals surface area contributed by atoms with Gasteiger partial charge in [-0.25, -0.2) is 0 Å². The zero-order valence-electron chi connectivity index (χ0n) is 7.46. The summed E-state index contributed by atoms with van der Waals surface area (Å²) in [4.78, 5) is 0. The maximum absolute atomic E-state index is 8.97. The molecule has 2 nitrogen and oxygen atoms in total. The third-order valence-electron chi connectivity index (χ3n) is 1.86. The van der Waals surface area contributed by atoms with Crippen LogP contribution in [-0.4, -0.2) is 18.8 Å². The number of aliphatic hydroxyl groups excluding tert-OH is 1. The van der Waals surface area contributed by atoms with Gasteiger partial charge < -0.3 is 9.84 Å². The molecule has 1 aromatic rings. The molecule has 0 aliphatic carbocycles. The summed E-state index contributed by atoms with van der Waals surface area (Å²) in [6.07, 6.45) is 0. The van der Waals surface area contributed by atoms with E-state index in [0.717, 1.165) is 14.9 Å². The first-order chi connectivity index (χ1) is 6.19. The fraction of sp³-hybridized carbons (Fsp3) is 0.300. The van der Waals surface area contributed by atoms with Crippen LogP contribution in [-0.2, 0) is 0 Å². The molecule has 13 heavy (non-hydrogen) atoms. The number of methoxy groups -OCH3 is 1. The van der Waals surface area contributed by atoms with Gasteiger partial charge in [0.2, 0.25) is 0 Å². The van der Waals surface area contributed by atoms with Gasteiger partial charge in [-0.2, -0.15) is 0 Å². The van der Waals surface area contributed by atoms with Crippen LogP contribution >= 0.6 is 22.6 Å². The Kier molecular flexibility index (Phi) is 3.99. The number of rotatable bonds is 3. The second kappa shape index (κ2) is 4.81. The number of benzene rings is 1. The summed E-state index contributed by atoms with van der Waals surface area (Å²) >= 11 is 2.23. The third kappa shape index (κ3) is 2.57. The average molecular weight is 291 g/mol. The Bertz CT molecular complexity index is 286. The van der Waals surface area contributed by atoms with Crippen LogP contribution in [0.4, 0.5) is 0 Å². The lowest BCUT2D eigenvalue weighted by Crippen LogP contribution is -2.02. The van der Waals surface area contributed by atoms with Gasteiger partial charge in [-0.05, 0) is 53.3 Å². The minimum atomic E-state index is -0.0815. The molecule has 0 amide bonds. The second-order valence-corrected chi connectivity index (χ2v) is 3.93. The molecule has 1 unspecified atom stereocenters. The number of hydrogen-bond donors (Lipinski definition) is 1. The molecular weight excluding hydrogens is 279 g/mol. The van der Waals surface area contributed by atoms with E-state index < -0.39 is 0 Å². The van der Waals surface area contributed by atoms with Gasteiger partial charge in [-0.1, -0.05) is 0 Å². The van der Waals surface area contributed by atoms with E-state index in [1.165, 1.54) is 0 Å². The first-order valence-electron chi connectivity index (χ1n) is 3.96. The lowest BCUT2D eigenvalue weighted by atomic mass is 10.0. The topological polar surface area (TPSA) is 29.5 Å². The van der Waals surface area contributed by atoms with Gasteiger partial charge in [0.05, 0.1) is 7.11 Å². The van der Waals surface area contributed by atoms with Crippen molar-refractivity contribution in [2.75, 3.05) is 13.7 Å². The Balaban J connectivity index is 3.03. The molecule has 0 fully saturated rings. The molecule has 1 rings (SSSR count). The first-order valence-corrected chi connectivity index (χ1v) is 5.04. The summed E-state index contributed by atoms with van der Waals surface area (Å²) in [5.41, 5.74) is 1.03. The summed E-state index contributed by atoms with van der Waals surface area (Å²) in [7, 11) is 1.63. The normalized spacial score (nSPS) is 12.6. The van der Waals surface area contributed by atoms with Crippen LogP contribution in [0.15, 0.2) is 18.2 Å². The van der Waals surface area contributed by atoms with Crippen molar-refractivity contribution in [1.82, 2.24) is 0 Å². The van der Waals surface area contributed by atoms with E-state index in [1.807, 2.05) is 18.2 Å². The van der Waals surface area contributed by atoms with Gasteiger partial charge in [0, 0.05) is 16.1 Å². The largest absolute Gasteiger partial charge is 0.497 e. The van der Waals surface area contributed by atoms with E-state index in [1.54, 1.807) is 7.11 Å². The second-order valence-electron chi connectivity index (χ2n) is 2.77. The minimum Gasteiger partial charge on any atom is -0.497 e. The highest BCUT2D eigenvalue weighted by atomic mass is 127. The van der Waals surface area contributed by atoms with Crippen LogP contribution in [0.3, 0.4) is 0 Å². The van der Waals surface area contributed by atoms with Gasteiger partial charge in [0.1, 0.15) is 5.75 Å². The van der Waals surface area contributed by atoms with Crippen molar-refractivity contribution in [3.05, 3.63) is 34.3 Å². The van der Waals surface area contributed by atoms with Crippen LogP contribution in [0.2, 0.25) is 0 Å². The zero-order chi connectivity index (χ0) is 9.84. The molecule has 0 spiro atoms. The smallest absolute Gasteiger partial charge is 0.119 e. The Morgan fingerprint density at radius 2 is 2.31 bits per heavy atom. The Morgan fingerprint density at radius 3 is 2.85 bits per heavy atom. The van der Waals surface area contributed by atoms with E-state index in [2.05, 4.69) is 29.5 Å². The summed E-state index contributed by atoms with van der Waals surface area (Å²) < 4.78 is 6.20. The number of aliphatic hydroxyl groups is 1. The monoisotopic (exact) mass is 291 g/mol. The molecule has 1 atom stereocenters. The summed E-state index contributed by atoms with van der Waals surface area (Å²) in [6.45, 7) is 3.91. The van der Waals surface area contributed by atoms with Crippen LogP contribution in [0.5, 0.6) is 5.75 Å². The maximum Gasteiger partial charge on any atom is 0.119 e. The molecule has 0 heterocycles. The average Bonchev–Trinajstić information content (AvgIpc) is 2.17. The van der Waals surface area contributed by atoms with Gasteiger partial charge >= 0.3 is 0 Å². The van der Waals surface area contributed by atoms with E-state index >= 15 is 0 Å². The molecule has 1 N–H and O–H groups in total. The van der Waals surface area contributed by atoms with Crippen LogP contribution < -0.4 is 4.74 Å². The van der Waals surface area contributed by atoms with Gasteiger partial charge in [-0.3, -0.25) is 0 Å². The molecule has 71 valence electrons. The minimum absolute atomic E-state index is 0.0587. The predicted molar refractivity (Wildman–Crippen MR) is 60.9 cm³/mol. The van der Waals surface area contributed by atoms with Crippen molar-refractivity contribution >= 4 is 22.6 Å². The number of halogens is 1. The third-order valence-corrected chi connectivity index (χ3v) is 2.85. The van der Waals surface area contributed by atoms with Gasteiger partial charge in [-0.15, -0.1) is 0 Å². The van der Waals surface area contributed by atoms with Crippen molar-refractivity contribution in [2.45, 2.75) is 5.92 Å². The molecule has 1 radical (unpaired) electrons. The van der Waals surface area contributed by atoms with Crippen molar-refractivity contribution in [3.63, 3.8) is 0 Å². The lowest BCUT2D eigenvalue weighted by Gasteiger charge is -2.11. The quantitative estimate of drug-likeness (QED) is 0.865. The van der Waals surface area contributed by atoms with Crippen molar-refractivity contribution in [2.24, 2.45) is 0 Å². The molecule has 0 aromatic heterocycles. The fourth-order valence-corrected chi connectivity index (χ4v) is 1.84. The van der Waals surface area contributed by atoms with E-state index in [-0.39, 0.29) is 12.5 Å². The van der Waals surface area contributed by atoms with E-state index in [0.29, 0.717) is 0 Å². The summed E-state index contributed by atoms with van der Waals surface area (Å²) in [6, 6.07) is 5.77. The van der Waals surface area contributed by atoms with Crippen molar-refractivity contribution in [1.29, 1.82) is 0 Å². The zero-order valence-corrected chi connectivity index (χ0v) is 9.61.